The van der Waals surface area contributed by atoms with Gasteiger partial charge in [0, 0.05) is 5.92 Å². The summed E-state index contributed by atoms with van der Waals surface area (Å²) in [5, 5.41) is 0. The fourth-order valence-electron chi connectivity index (χ4n) is 2.76. The Balaban J connectivity index is 2.03. The van der Waals surface area contributed by atoms with Crippen LogP contribution in [-0.4, -0.2) is 0 Å². The van der Waals surface area contributed by atoms with Crippen molar-refractivity contribution in [3.8, 4) is 0 Å². The Labute approximate surface area is 69.7 Å². The van der Waals surface area contributed by atoms with Gasteiger partial charge in [0.05, 0.1) is 0 Å². The average molecular weight is 150 g/mol. The largest absolute Gasteiger partial charge is 0.0770 e. The van der Waals surface area contributed by atoms with Crippen LogP contribution in [0.15, 0.2) is 11.6 Å². The Kier molecular flexibility index (Phi) is 1.59. The molecule has 0 radical (unpaired) electrons. The van der Waals surface area contributed by atoms with Crippen molar-refractivity contribution in [1.82, 2.24) is 0 Å². The van der Waals surface area contributed by atoms with Gasteiger partial charge in [-0.15, -0.1) is 0 Å². The van der Waals surface area contributed by atoms with Gasteiger partial charge in [-0.1, -0.05) is 38.8 Å². The molecule has 0 heterocycles. The average Bonchev–Trinajstić information content (AvgIpc) is 2.72. The zero-order chi connectivity index (χ0) is 8.01. The lowest BCUT2D eigenvalue weighted by Crippen LogP contribution is -2.12. The molecule has 0 aromatic carbocycles. The molecule has 0 bridgehead atoms. The predicted molar refractivity (Wildman–Crippen MR) is 48.3 cm³/mol. The number of hydrogen-bond acceptors (Lipinski definition) is 0. The Morgan fingerprint density at radius 3 is 2.55 bits per heavy atom. The summed E-state index contributed by atoms with van der Waals surface area (Å²) in [6.07, 6.45) is 5.29. The van der Waals surface area contributed by atoms with E-state index in [1.54, 1.807) is 5.57 Å². The zero-order valence-electron chi connectivity index (χ0n) is 7.80. The Morgan fingerprint density at radius 1 is 1.36 bits per heavy atom. The molecule has 0 aromatic heterocycles. The van der Waals surface area contributed by atoms with E-state index >= 15 is 0 Å². The third-order valence-corrected chi connectivity index (χ3v) is 3.72. The summed E-state index contributed by atoms with van der Waals surface area (Å²) in [7, 11) is 0. The van der Waals surface area contributed by atoms with Gasteiger partial charge in [-0.2, -0.15) is 0 Å². The highest BCUT2D eigenvalue weighted by molar-refractivity contribution is 5.37. The second kappa shape index (κ2) is 2.36. The van der Waals surface area contributed by atoms with E-state index in [0.29, 0.717) is 0 Å². The molecule has 2 aliphatic rings. The van der Waals surface area contributed by atoms with Gasteiger partial charge in [0.1, 0.15) is 0 Å². The highest BCUT2D eigenvalue weighted by atomic mass is 14.5. The van der Waals surface area contributed by atoms with Crippen molar-refractivity contribution in [2.45, 2.75) is 33.6 Å². The smallest absolute Gasteiger partial charge is 0.00138 e. The summed E-state index contributed by atoms with van der Waals surface area (Å²) in [5.41, 5.74) is 1.77. The van der Waals surface area contributed by atoms with Gasteiger partial charge in [-0.05, 0) is 24.2 Å². The summed E-state index contributed by atoms with van der Waals surface area (Å²) in [6, 6.07) is 0. The van der Waals surface area contributed by atoms with E-state index in [9.17, 15) is 0 Å². The standard InChI is InChI=1S/C11H18/c1-4-5-9-7(2)8(3)10-6-11(9)10/h6-9,11H,4-5H2,1-3H3/t7-,8?,9?,11?/m1/s1. The normalized spacial score (nSPS) is 47.0. The van der Waals surface area contributed by atoms with Crippen molar-refractivity contribution in [1.29, 1.82) is 0 Å². The predicted octanol–water partition coefficient (Wildman–Crippen LogP) is 3.24. The van der Waals surface area contributed by atoms with Crippen LogP contribution in [-0.2, 0) is 0 Å². The molecule has 0 nitrogen and oxygen atoms in total. The van der Waals surface area contributed by atoms with Crippen LogP contribution in [0.4, 0.5) is 0 Å². The first-order valence-electron chi connectivity index (χ1n) is 4.97. The quantitative estimate of drug-likeness (QED) is 0.530. The summed E-state index contributed by atoms with van der Waals surface area (Å²) in [4.78, 5) is 0. The summed E-state index contributed by atoms with van der Waals surface area (Å²) in [5.74, 6) is 3.81. The summed E-state index contributed by atoms with van der Waals surface area (Å²) < 4.78 is 0. The van der Waals surface area contributed by atoms with E-state index in [-0.39, 0.29) is 0 Å². The molecule has 4 atom stereocenters. The van der Waals surface area contributed by atoms with Crippen molar-refractivity contribution in [2.75, 3.05) is 0 Å². The topological polar surface area (TPSA) is 0 Å². The molecule has 0 spiro atoms. The van der Waals surface area contributed by atoms with Crippen LogP contribution < -0.4 is 0 Å². The van der Waals surface area contributed by atoms with Crippen molar-refractivity contribution in [2.24, 2.45) is 23.7 Å². The second-order valence-electron chi connectivity index (χ2n) is 4.29. The highest BCUT2D eigenvalue weighted by Gasteiger charge is 2.47. The molecule has 2 aliphatic carbocycles. The van der Waals surface area contributed by atoms with Gasteiger partial charge in [0.2, 0.25) is 0 Å². The Morgan fingerprint density at radius 2 is 2.09 bits per heavy atom. The van der Waals surface area contributed by atoms with E-state index < -0.39 is 0 Å². The first kappa shape index (κ1) is 7.39. The minimum Gasteiger partial charge on any atom is -0.0770 e. The maximum absolute atomic E-state index is 2.49. The first-order valence-corrected chi connectivity index (χ1v) is 4.97. The van der Waals surface area contributed by atoms with Crippen LogP contribution in [0.25, 0.3) is 0 Å². The highest BCUT2D eigenvalue weighted by Crippen LogP contribution is 2.56. The fourth-order valence-corrected chi connectivity index (χ4v) is 2.76. The van der Waals surface area contributed by atoms with Crippen molar-refractivity contribution in [3.63, 3.8) is 0 Å². The van der Waals surface area contributed by atoms with Crippen LogP contribution in [0.5, 0.6) is 0 Å². The van der Waals surface area contributed by atoms with Crippen molar-refractivity contribution in [3.05, 3.63) is 11.6 Å². The number of fused-ring (bicyclic) bond motifs is 1. The third kappa shape index (κ3) is 0.953. The molecular formula is C11H18. The fraction of sp³-hybridized carbons (Fsp3) is 0.818. The van der Waals surface area contributed by atoms with E-state index in [1.165, 1.54) is 12.8 Å². The molecule has 62 valence electrons. The Bertz CT molecular complexity index is 190. The third-order valence-electron chi connectivity index (χ3n) is 3.72. The SMILES string of the molecule is CCCC1C2C=C2C(C)[C@H]1C. The van der Waals surface area contributed by atoms with E-state index in [4.69, 9.17) is 0 Å². The maximum Gasteiger partial charge on any atom is 0.00138 e. The molecule has 0 heteroatoms. The second-order valence-corrected chi connectivity index (χ2v) is 4.29. The summed E-state index contributed by atoms with van der Waals surface area (Å²) >= 11 is 0. The molecule has 1 fully saturated rings. The van der Waals surface area contributed by atoms with Crippen LogP contribution in [0, 0.1) is 23.7 Å². The lowest BCUT2D eigenvalue weighted by molar-refractivity contribution is 0.313. The van der Waals surface area contributed by atoms with Gasteiger partial charge in [-0.25, -0.2) is 0 Å². The van der Waals surface area contributed by atoms with Crippen molar-refractivity contribution < 1.29 is 0 Å². The number of rotatable bonds is 2. The van der Waals surface area contributed by atoms with Crippen LogP contribution in [0.3, 0.4) is 0 Å². The first-order chi connectivity index (χ1) is 5.25. The van der Waals surface area contributed by atoms with Gasteiger partial charge in [-0.3, -0.25) is 0 Å². The maximum atomic E-state index is 2.49. The van der Waals surface area contributed by atoms with Gasteiger partial charge < -0.3 is 0 Å². The molecule has 11 heavy (non-hydrogen) atoms. The molecule has 0 aromatic rings. The molecular weight excluding hydrogens is 132 g/mol. The lowest BCUT2D eigenvalue weighted by atomic mass is 9.85. The lowest BCUT2D eigenvalue weighted by Gasteiger charge is -2.19. The van der Waals surface area contributed by atoms with E-state index in [1.807, 2.05) is 0 Å². The van der Waals surface area contributed by atoms with Gasteiger partial charge in [0.15, 0.2) is 0 Å². The Hall–Kier alpha value is -0.260. The molecule has 0 saturated heterocycles. The molecule has 2 rings (SSSR count). The molecule has 0 N–H and O–H groups in total. The zero-order valence-corrected chi connectivity index (χ0v) is 7.80. The number of hydrogen-bond donors (Lipinski definition) is 0. The molecule has 3 unspecified atom stereocenters. The van der Waals surface area contributed by atoms with Crippen LogP contribution in [0.2, 0.25) is 0 Å². The molecule has 1 saturated carbocycles. The van der Waals surface area contributed by atoms with E-state index in [0.717, 1.165) is 23.7 Å². The van der Waals surface area contributed by atoms with Crippen LogP contribution >= 0.6 is 0 Å². The van der Waals surface area contributed by atoms with Crippen molar-refractivity contribution >= 4 is 0 Å². The van der Waals surface area contributed by atoms with Gasteiger partial charge >= 0.3 is 0 Å². The monoisotopic (exact) mass is 150 g/mol. The summed E-state index contributed by atoms with van der Waals surface area (Å²) in [6.45, 7) is 7.13. The molecule has 0 amide bonds. The minimum absolute atomic E-state index is 0.900. The number of allylic oxidation sites excluding steroid dienone is 2. The van der Waals surface area contributed by atoms with Crippen LogP contribution in [0.1, 0.15) is 33.6 Å². The van der Waals surface area contributed by atoms with E-state index in [2.05, 4.69) is 26.8 Å². The van der Waals surface area contributed by atoms with Gasteiger partial charge in [0.25, 0.3) is 0 Å². The minimum atomic E-state index is 0.900. The molecule has 0 aliphatic heterocycles.